The first-order valence-electron chi connectivity index (χ1n) is 26.3. The maximum atomic E-state index is 14.8. The summed E-state index contributed by atoms with van der Waals surface area (Å²) < 4.78 is 0. The van der Waals surface area contributed by atoms with Gasteiger partial charge in [0, 0.05) is 41.5 Å². The van der Waals surface area contributed by atoms with E-state index in [0.29, 0.717) is 40.1 Å². The molecule has 1 fully saturated rings. The fraction of sp³-hybridized carbons (Fsp3) is 0.382. The minimum atomic E-state index is -1.52. The zero-order valence-corrected chi connectivity index (χ0v) is 47.5. The van der Waals surface area contributed by atoms with Crippen molar-refractivity contribution in [3.8, 4) is 11.5 Å². The molecule has 1 saturated heterocycles. The van der Waals surface area contributed by atoms with Gasteiger partial charge < -0.3 is 80.8 Å². The van der Waals surface area contributed by atoms with Gasteiger partial charge >= 0.3 is 5.97 Å². The van der Waals surface area contributed by atoms with Crippen LogP contribution in [-0.4, -0.2) is 147 Å². The van der Waals surface area contributed by atoms with Crippen LogP contribution in [0.3, 0.4) is 0 Å². The summed E-state index contributed by atoms with van der Waals surface area (Å²) in [4.78, 5) is 137. The Hall–Kier alpha value is -7.95. The number of carboxylic acid groups (broad SMARTS) is 1. The molecule has 9 atom stereocenters. The number of benzene rings is 4. The average Bonchev–Trinajstić information content (AvgIpc) is 3.52. The summed E-state index contributed by atoms with van der Waals surface area (Å²) >= 11 is 6.07. The van der Waals surface area contributed by atoms with E-state index in [9.17, 15) is 58.2 Å². The summed E-state index contributed by atoms with van der Waals surface area (Å²) in [5, 5.41) is 50.6. The molecule has 446 valence electrons. The number of rotatable bonds is 21. The van der Waals surface area contributed by atoms with E-state index in [4.69, 9.17) is 39.6 Å². The Balaban J connectivity index is 1.54. The van der Waals surface area contributed by atoms with E-state index in [0.717, 1.165) is 21.6 Å². The average molecular weight is 1210 g/mol. The molecule has 9 amide bonds. The van der Waals surface area contributed by atoms with Crippen molar-refractivity contribution in [3.63, 3.8) is 0 Å². The third kappa shape index (κ3) is 22.0. The Labute approximate surface area is 491 Å². The smallest absolute Gasteiger partial charge is 0.305 e. The number of unbranched alkanes of at least 4 members (excludes halogenated alkanes) is 1. The third-order valence-corrected chi connectivity index (χ3v) is 15.6. The molecule has 25 nitrogen and oxygen atoms in total. The first-order chi connectivity index (χ1) is 39.5. The number of aliphatic carboxylic acids is 1. The van der Waals surface area contributed by atoms with Crippen LogP contribution in [-0.2, 0) is 73.6 Å². The number of primary amides is 1. The number of amides is 9. The number of phenolic OH excluding ortho intramolecular Hbond substituents is 2. The number of carbonyl (C=O) groups is 10. The van der Waals surface area contributed by atoms with Crippen LogP contribution in [0.5, 0.6) is 11.5 Å². The first-order valence-corrected chi connectivity index (χ1v) is 29.1. The molecule has 1 aliphatic rings. The lowest BCUT2D eigenvalue weighted by molar-refractivity contribution is -0.139. The largest absolute Gasteiger partial charge is 0.508 e. The van der Waals surface area contributed by atoms with E-state index in [-0.39, 0.29) is 67.3 Å². The van der Waals surface area contributed by atoms with Gasteiger partial charge in [0.1, 0.15) is 53.8 Å². The van der Waals surface area contributed by atoms with E-state index in [2.05, 4.69) is 42.5 Å². The van der Waals surface area contributed by atoms with E-state index in [1.165, 1.54) is 79.7 Å². The summed E-state index contributed by atoms with van der Waals surface area (Å²) in [6.07, 6.45) is -0.503. The number of carboxylic acids is 1. The van der Waals surface area contributed by atoms with Crippen molar-refractivity contribution in [2.45, 2.75) is 113 Å². The summed E-state index contributed by atoms with van der Waals surface area (Å²) in [6, 6.07) is 11.5. The molecule has 5 rings (SSSR count). The maximum absolute atomic E-state index is 14.8. The third-order valence-electron chi connectivity index (χ3n) is 12.9. The fourth-order valence-corrected chi connectivity index (χ4v) is 10.7. The van der Waals surface area contributed by atoms with Gasteiger partial charge in [0.05, 0.1) is 18.5 Å². The predicted octanol–water partition coefficient (Wildman–Crippen LogP) is -0.488. The molecule has 4 aromatic rings. The zero-order chi connectivity index (χ0) is 60.8. The number of hydrogen-bond acceptors (Lipinski definition) is 17. The standard InChI is InChI=1S/C55H69ClN12O13S2/c1-29-48(74)67-44(54(80)64-41(47(60)73)23-32-9-17-36(69)18-10-32)27-82-83-28-45(68-50(76)38(58)22-30-5-13-34(56)14-6-30)55(81)66-43(25-33-11-19-37(70)20-12-33)53(79)65-42(52(78)63-40(51(77)61-29)4-2-3-21-57)24-31-7-15-35(16-8-31)62-49(75)39(59)26-46(71)72/h5-20,29,38-45,69-70H,2-4,21-28,57-59H2,1H3,(H2,60,73)(H,61,77)(H,62,75)(H,63,78)(H,64,80)(H,65,79)(H,66,81)(H,67,74)(H,68,76)(H,71,72)/t29-,38-,39-,40-,41+,42+,43-,44-,45+/m0/s1. The molecule has 0 aliphatic carbocycles. The highest BCUT2D eigenvalue weighted by molar-refractivity contribution is 8.76. The molecule has 19 N–H and O–H groups in total. The van der Waals surface area contributed by atoms with Crippen molar-refractivity contribution in [2.75, 3.05) is 23.4 Å². The van der Waals surface area contributed by atoms with Gasteiger partial charge in [-0.2, -0.15) is 0 Å². The van der Waals surface area contributed by atoms with Crippen LogP contribution < -0.4 is 65.5 Å². The number of hydrogen-bond donors (Lipinski definition) is 15. The van der Waals surface area contributed by atoms with E-state index in [1.54, 1.807) is 24.3 Å². The van der Waals surface area contributed by atoms with Crippen LogP contribution in [0, 0.1) is 0 Å². The minimum absolute atomic E-state index is 0.00732. The SMILES string of the molecule is C[C@@H]1NC(=O)[C@H](CCCCN)NC(=O)[C@@H](Cc2ccc(NC(=O)[C@@H](N)CC(=O)O)cc2)NC(=O)[C@H](Cc2ccc(O)cc2)NC(=O)[C@H](NC(=O)[C@@H](N)Cc2ccc(Cl)cc2)CSSC[C@@H](C(=O)N[C@H](Cc2ccc(O)cc2)C(N)=O)NC1=O. The lowest BCUT2D eigenvalue weighted by Gasteiger charge is -2.28. The summed E-state index contributed by atoms with van der Waals surface area (Å²) in [6.45, 7) is 1.56. The number of aromatic hydroxyl groups is 2. The lowest BCUT2D eigenvalue weighted by atomic mass is 10.0. The van der Waals surface area contributed by atoms with Gasteiger partial charge in [-0.15, -0.1) is 0 Å². The van der Waals surface area contributed by atoms with Crippen molar-refractivity contribution in [1.82, 2.24) is 37.2 Å². The molecule has 83 heavy (non-hydrogen) atoms. The van der Waals surface area contributed by atoms with Gasteiger partial charge in [0.15, 0.2) is 0 Å². The van der Waals surface area contributed by atoms with Crippen LogP contribution in [0.25, 0.3) is 0 Å². The molecular formula is C55H69ClN12O13S2. The monoisotopic (exact) mass is 1200 g/mol. The van der Waals surface area contributed by atoms with Crippen LogP contribution in [0.15, 0.2) is 97.1 Å². The summed E-state index contributed by atoms with van der Waals surface area (Å²) in [5.41, 5.74) is 25.9. The molecule has 0 aromatic heterocycles. The highest BCUT2D eigenvalue weighted by Crippen LogP contribution is 2.24. The van der Waals surface area contributed by atoms with Crippen LogP contribution >= 0.6 is 33.2 Å². The number of nitrogens with one attached hydrogen (secondary N) is 8. The highest BCUT2D eigenvalue weighted by atomic mass is 35.5. The molecule has 0 spiro atoms. The van der Waals surface area contributed by atoms with Crippen molar-refractivity contribution in [1.29, 1.82) is 0 Å². The zero-order valence-electron chi connectivity index (χ0n) is 45.1. The van der Waals surface area contributed by atoms with Crippen molar-refractivity contribution >= 4 is 98.0 Å². The maximum Gasteiger partial charge on any atom is 0.305 e. The van der Waals surface area contributed by atoms with E-state index < -0.39 is 120 Å². The fourth-order valence-electron chi connectivity index (χ4n) is 8.22. The highest BCUT2D eigenvalue weighted by Gasteiger charge is 2.35. The van der Waals surface area contributed by atoms with Gasteiger partial charge in [0.2, 0.25) is 53.2 Å². The Morgan fingerprint density at radius 3 is 1.70 bits per heavy atom. The summed E-state index contributed by atoms with van der Waals surface area (Å²) in [5.74, 6) is -9.66. The molecule has 1 heterocycles. The first kappa shape index (κ1) is 65.9. The van der Waals surface area contributed by atoms with E-state index >= 15 is 0 Å². The second kappa shape index (κ2) is 32.6. The number of anilines is 1. The van der Waals surface area contributed by atoms with Crippen molar-refractivity contribution in [3.05, 3.63) is 124 Å². The summed E-state index contributed by atoms with van der Waals surface area (Å²) in [7, 11) is 1.96. The molecule has 4 aromatic carbocycles. The van der Waals surface area contributed by atoms with Crippen LogP contribution in [0.4, 0.5) is 5.69 Å². The van der Waals surface area contributed by atoms with E-state index in [1.807, 2.05) is 0 Å². The van der Waals surface area contributed by atoms with Crippen molar-refractivity contribution < 1.29 is 63.3 Å². The number of nitrogens with two attached hydrogens (primary N) is 4. The Morgan fingerprint density at radius 2 is 1.13 bits per heavy atom. The normalized spacial score (nSPS) is 20.5. The molecule has 0 unspecified atom stereocenters. The van der Waals surface area contributed by atoms with Gasteiger partial charge in [-0.05, 0) is 110 Å². The Bertz CT molecular complexity index is 2910. The number of halogens is 1. The van der Waals surface area contributed by atoms with Gasteiger partial charge in [-0.3, -0.25) is 47.9 Å². The molecule has 0 saturated carbocycles. The Kier molecular flexibility index (Phi) is 25.9. The molecular weight excluding hydrogens is 1140 g/mol. The number of carbonyl (C=O) groups excluding carboxylic acids is 9. The lowest BCUT2D eigenvalue weighted by Crippen LogP contribution is -2.61. The second-order valence-electron chi connectivity index (χ2n) is 19.6. The topological polar surface area (TPSA) is 432 Å². The minimum Gasteiger partial charge on any atom is -0.508 e. The van der Waals surface area contributed by atoms with Gasteiger partial charge in [0.25, 0.3) is 0 Å². The second-order valence-corrected chi connectivity index (χ2v) is 22.6. The van der Waals surface area contributed by atoms with Crippen LogP contribution in [0.2, 0.25) is 5.02 Å². The van der Waals surface area contributed by atoms with Gasteiger partial charge in [-0.1, -0.05) is 81.7 Å². The Morgan fingerprint density at radius 1 is 0.627 bits per heavy atom. The molecule has 28 heteroatoms. The van der Waals surface area contributed by atoms with Gasteiger partial charge in [-0.25, -0.2) is 0 Å². The quantitative estimate of drug-likeness (QED) is 0.0370. The molecule has 0 bridgehead atoms. The molecule has 0 radical (unpaired) electrons. The predicted molar refractivity (Wildman–Crippen MR) is 312 cm³/mol. The van der Waals surface area contributed by atoms with Crippen molar-refractivity contribution in [2.24, 2.45) is 22.9 Å². The molecule has 1 aliphatic heterocycles. The number of phenols is 2. The van der Waals surface area contributed by atoms with Crippen LogP contribution in [0.1, 0.15) is 54.9 Å².